The molecular formula is C18H26Cl3CrN2O5. The van der Waals surface area contributed by atoms with E-state index in [0.29, 0.717) is 13.1 Å². The van der Waals surface area contributed by atoms with Crippen LogP contribution in [-0.2, 0) is 17.4 Å². The van der Waals surface area contributed by atoms with E-state index < -0.39 is 0 Å². The fourth-order valence-corrected chi connectivity index (χ4v) is 1.99. The Morgan fingerprint density at radius 3 is 1.28 bits per heavy atom. The van der Waals surface area contributed by atoms with E-state index in [1.54, 1.807) is 14.2 Å². The minimum Gasteiger partial charge on any atom is -1.00 e. The summed E-state index contributed by atoms with van der Waals surface area (Å²) in [6, 6.07) is 15.6. The quantitative estimate of drug-likeness (QED) is 0.271. The standard InChI is InChI=1S/C18H20N2O2.3ClH.Cr.3H2O/c1-21-17-9-5-3-7-15(17)13-19-11-12-20-14-16-8-4-6-10-18(16)22-2;;;;;;;/h3-10,13-14H,11-12H2,1-2H3;3*1H;;3*1H2/q;;;;+3;;;/p-3. The Labute approximate surface area is 200 Å². The maximum absolute atomic E-state index is 5.27. The fourth-order valence-electron chi connectivity index (χ4n) is 1.99. The van der Waals surface area contributed by atoms with Gasteiger partial charge in [0.1, 0.15) is 11.5 Å². The van der Waals surface area contributed by atoms with E-state index in [0.717, 1.165) is 22.6 Å². The van der Waals surface area contributed by atoms with E-state index in [9.17, 15) is 0 Å². The average molecular weight is 509 g/mol. The minimum atomic E-state index is 0. The van der Waals surface area contributed by atoms with Crippen LogP contribution in [0.5, 0.6) is 11.5 Å². The zero-order valence-electron chi connectivity index (χ0n) is 15.9. The molecule has 0 atom stereocenters. The Balaban J connectivity index is -0.000000189. The van der Waals surface area contributed by atoms with E-state index in [1.807, 2.05) is 61.0 Å². The summed E-state index contributed by atoms with van der Waals surface area (Å²) in [6.45, 7) is 1.26. The molecule has 29 heavy (non-hydrogen) atoms. The predicted octanol–water partition coefficient (Wildman–Crippen LogP) is -8.22. The summed E-state index contributed by atoms with van der Waals surface area (Å²) >= 11 is 0. The average Bonchev–Trinajstić information content (AvgIpc) is 2.58. The number of para-hydroxylation sites is 2. The number of halogens is 3. The molecule has 165 valence electrons. The van der Waals surface area contributed by atoms with Crippen molar-refractivity contribution in [2.75, 3.05) is 27.3 Å². The van der Waals surface area contributed by atoms with Crippen LogP contribution in [0.25, 0.3) is 0 Å². The molecule has 0 aliphatic heterocycles. The molecule has 2 rings (SSSR count). The molecule has 0 aromatic heterocycles. The van der Waals surface area contributed by atoms with Crippen LogP contribution in [-0.4, -0.2) is 56.2 Å². The normalized spacial score (nSPS) is 8.48. The van der Waals surface area contributed by atoms with Gasteiger partial charge in [-0.05, 0) is 24.3 Å². The largest absolute Gasteiger partial charge is 3.00 e. The van der Waals surface area contributed by atoms with Crippen LogP contribution in [0.1, 0.15) is 11.1 Å². The van der Waals surface area contributed by atoms with Crippen LogP contribution in [0.2, 0.25) is 0 Å². The number of rotatable bonds is 7. The van der Waals surface area contributed by atoms with E-state index in [1.165, 1.54) is 0 Å². The molecule has 11 heteroatoms. The van der Waals surface area contributed by atoms with Crippen molar-refractivity contribution >= 4 is 12.4 Å². The van der Waals surface area contributed by atoms with E-state index in [-0.39, 0.29) is 71.0 Å². The summed E-state index contributed by atoms with van der Waals surface area (Å²) in [4.78, 5) is 8.75. The molecule has 0 fully saturated rings. The van der Waals surface area contributed by atoms with Gasteiger partial charge in [-0.3, -0.25) is 9.98 Å². The molecule has 0 unspecified atom stereocenters. The van der Waals surface area contributed by atoms with Gasteiger partial charge in [0.2, 0.25) is 0 Å². The van der Waals surface area contributed by atoms with Crippen LogP contribution in [0, 0.1) is 0 Å². The summed E-state index contributed by atoms with van der Waals surface area (Å²) in [5.41, 5.74) is 1.94. The molecule has 2 aromatic rings. The van der Waals surface area contributed by atoms with Crippen molar-refractivity contribution in [1.82, 2.24) is 0 Å². The topological polar surface area (TPSA) is 138 Å². The van der Waals surface area contributed by atoms with Crippen LogP contribution < -0.4 is 46.7 Å². The Bertz CT molecular complexity index is 622. The molecule has 1 radical (unpaired) electrons. The molecule has 0 aliphatic rings. The molecule has 0 saturated carbocycles. The molecular weight excluding hydrogens is 483 g/mol. The molecule has 6 N–H and O–H groups in total. The van der Waals surface area contributed by atoms with E-state index in [2.05, 4.69) is 9.98 Å². The molecule has 0 bridgehead atoms. The minimum absolute atomic E-state index is 0. The zero-order valence-corrected chi connectivity index (χ0v) is 19.5. The van der Waals surface area contributed by atoms with E-state index >= 15 is 0 Å². The van der Waals surface area contributed by atoms with Crippen molar-refractivity contribution in [2.45, 2.75) is 0 Å². The molecule has 0 saturated heterocycles. The number of methoxy groups -OCH3 is 2. The van der Waals surface area contributed by atoms with Crippen molar-refractivity contribution in [3.8, 4) is 11.5 Å². The number of ether oxygens (including phenoxy) is 2. The van der Waals surface area contributed by atoms with Crippen LogP contribution in [0.15, 0.2) is 58.5 Å². The van der Waals surface area contributed by atoms with Gasteiger partial charge in [0.15, 0.2) is 0 Å². The van der Waals surface area contributed by atoms with Crippen molar-refractivity contribution in [2.24, 2.45) is 9.98 Å². The van der Waals surface area contributed by atoms with Gasteiger partial charge in [-0.1, -0.05) is 24.3 Å². The van der Waals surface area contributed by atoms with Gasteiger partial charge in [-0.2, -0.15) is 0 Å². The fraction of sp³-hybridized carbons (Fsp3) is 0.222. The van der Waals surface area contributed by atoms with Gasteiger partial charge in [-0.15, -0.1) is 0 Å². The molecule has 2 aromatic carbocycles. The van der Waals surface area contributed by atoms with Crippen LogP contribution >= 0.6 is 0 Å². The van der Waals surface area contributed by atoms with Crippen LogP contribution in [0.3, 0.4) is 0 Å². The Kier molecular flexibility index (Phi) is 35.7. The second-order valence-corrected chi connectivity index (χ2v) is 4.55. The first-order chi connectivity index (χ1) is 10.8. The van der Waals surface area contributed by atoms with Crippen molar-refractivity contribution in [3.63, 3.8) is 0 Å². The molecule has 0 amide bonds. The monoisotopic (exact) mass is 507 g/mol. The first-order valence-electron chi connectivity index (χ1n) is 7.11. The van der Waals surface area contributed by atoms with Gasteiger partial charge in [0.25, 0.3) is 0 Å². The Morgan fingerprint density at radius 2 is 0.966 bits per heavy atom. The molecule has 0 heterocycles. The second-order valence-electron chi connectivity index (χ2n) is 4.55. The second kappa shape index (κ2) is 24.7. The first-order valence-corrected chi connectivity index (χ1v) is 7.11. The molecule has 7 nitrogen and oxygen atoms in total. The summed E-state index contributed by atoms with van der Waals surface area (Å²) in [7, 11) is 3.31. The third-order valence-electron chi connectivity index (χ3n) is 3.10. The van der Waals surface area contributed by atoms with E-state index in [4.69, 9.17) is 9.47 Å². The predicted molar refractivity (Wildman–Crippen MR) is 102 cm³/mol. The molecule has 0 aliphatic carbocycles. The van der Waals surface area contributed by atoms with Gasteiger partial charge >= 0.3 is 17.4 Å². The number of aliphatic imine (C=N–C) groups is 2. The van der Waals surface area contributed by atoms with Crippen molar-refractivity contribution in [1.29, 1.82) is 0 Å². The van der Waals surface area contributed by atoms with Crippen molar-refractivity contribution < 1.29 is 80.5 Å². The van der Waals surface area contributed by atoms with Crippen LogP contribution in [0.4, 0.5) is 0 Å². The number of hydrogen-bond donors (Lipinski definition) is 0. The number of benzene rings is 2. The van der Waals surface area contributed by atoms with Gasteiger partial charge < -0.3 is 63.1 Å². The third-order valence-corrected chi connectivity index (χ3v) is 3.10. The smallest absolute Gasteiger partial charge is 1.00 e. The summed E-state index contributed by atoms with van der Waals surface area (Å²) in [6.07, 6.45) is 3.63. The van der Waals surface area contributed by atoms with Gasteiger partial charge in [-0.25, -0.2) is 0 Å². The maximum Gasteiger partial charge on any atom is 3.00 e. The van der Waals surface area contributed by atoms with Gasteiger partial charge in [0.05, 0.1) is 27.3 Å². The Morgan fingerprint density at radius 1 is 0.655 bits per heavy atom. The zero-order chi connectivity index (χ0) is 15.6. The first kappa shape index (κ1) is 41.9. The number of nitrogens with zero attached hydrogens (tertiary/aromatic N) is 2. The third kappa shape index (κ3) is 14.3. The SMILES string of the molecule is COc1ccccc1C=NCCN=Cc1ccccc1OC.O.O.O.[Cl-].[Cl-].[Cl-].[Cr+3]. The summed E-state index contributed by atoms with van der Waals surface area (Å²) < 4.78 is 10.5. The molecule has 0 spiro atoms. The summed E-state index contributed by atoms with van der Waals surface area (Å²) in [5, 5.41) is 0. The maximum atomic E-state index is 5.27. The summed E-state index contributed by atoms with van der Waals surface area (Å²) in [5.74, 6) is 1.65. The van der Waals surface area contributed by atoms with Gasteiger partial charge in [0, 0.05) is 23.6 Å². The van der Waals surface area contributed by atoms with Crippen molar-refractivity contribution in [3.05, 3.63) is 59.7 Å². The Hall–Kier alpha value is -1.34. The number of hydrogen-bond acceptors (Lipinski definition) is 4.